The Hall–Kier alpha value is -0.530. The number of fused-ring (bicyclic) bond motifs is 1. The van der Waals surface area contributed by atoms with Gasteiger partial charge in [0.25, 0.3) is 0 Å². The van der Waals surface area contributed by atoms with Crippen molar-refractivity contribution in [2.45, 2.75) is 26.7 Å². The lowest BCUT2D eigenvalue weighted by molar-refractivity contribution is -0.157. The van der Waals surface area contributed by atoms with Gasteiger partial charge in [-0.3, -0.25) is 4.79 Å². The highest BCUT2D eigenvalue weighted by Gasteiger charge is 2.45. The highest BCUT2D eigenvalue weighted by Crippen LogP contribution is 2.45. The van der Waals surface area contributed by atoms with E-state index < -0.39 is 0 Å². The van der Waals surface area contributed by atoms with E-state index in [1.165, 1.54) is 6.42 Å². The third kappa shape index (κ3) is 1.05. The Morgan fingerprint density at radius 1 is 1.33 bits per heavy atom. The number of hydrogen-bond acceptors (Lipinski definition) is 2. The van der Waals surface area contributed by atoms with Crippen LogP contribution in [-0.4, -0.2) is 12.6 Å². The zero-order valence-electron chi connectivity index (χ0n) is 7.75. The molecular weight excluding hydrogens is 152 g/mol. The van der Waals surface area contributed by atoms with E-state index >= 15 is 0 Å². The van der Waals surface area contributed by atoms with Crippen molar-refractivity contribution in [2.75, 3.05) is 6.61 Å². The molecule has 0 aromatic heterocycles. The maximum Gasteiger partial charge on any atom is 0.309 e. The van der Waals surface area contributed by atoms with Gasteiger partial charge >= 0.3 is 5.97 Å². The molecule has 0 N–H and O–H groups in total. The molecular formula is C10H16O2. The summed E-state index contributed by atoms with van der Waals surface area (Å²) in [6.45, 7) is 5.09. The van der Waals surface area contributed by atoms with Crippen molar-refractivity contribution in [2.24, 2.45) is 23.7 Å². The van der Waals surface area contributed by atoms with Crippen LogP contribution in [0, 0.1) is 23.7 Å². The first kappa shape index (κ1) is 8.09. The first-order valence-electron chi connectivity index (χ1n) is 4.87. The molecule has 1 aliphatic carbocycles. The van der Waals surface area contributed by atoms with Crippen LogP contribution in [0.4, 0.5) is 0 Å². The minimum absolute atomic E-state index is 0.0584. The summed E-state index contributed by atoms with van der Waals surface area (Å²) in [5, 5.41) is 0. The molecule has 1 aliphatic heterocycles. The lowest BCUT2D eigenvalue weighted by atomic mass is 9.84. The number of hydrogen-bond donors (Lipinski definition) is 0. The SMILES string of the molecule is CC1CC(C)C2C(=O)OCCC12. The molecule has 0 radical (unpaired) electrons. The molecule has 1 heterocycles. The van der Waals surface area contributed by atoms with E-state index in [2.05, 4.69) is 13.8 Å². The topological polar surface area (TPSA) is 26.3 Å². The number of rotatable bonds is 0. The van der Waals surface area contributed by atoms with Crippen LogP contribution in [-0.2, 0) is 9.53 Å². The van der Waals surface area contributed by atoms with Gasteiger partial charge in [0.05, 0.1) is 12.5 Å². The van der Waals surface area contributed by atoms with Gasteiger partial charge in [-0.2, -0.15) is 0 Å². The molecule has 2 rings (SSSR count). The predicted molar refractivity (Wildman–Crippen MR) is 45.5 cm³/mol. The van der Waals surface area contributed by atoms with Crippen molar-refractivity contribution >= 4 is 5.97 Å². The molecule has 4 unspecified atom stereocenters. The Morgan fingerprint density at radius 3 is 2.75 bits per heavy atom. The molecule has 0 bridgehead atoms. The van der Waals surface area contributed by atoms with Crippen LogP contribution < -0.4 is 0 Å². The summed E-state index contributed by atoms with van der Waals surface area (Å²) in [7, 11) is 0. The Bertz CT molecular complexity index is 200. The molecule has 2 heteroatoms. The van der Waals surface area contributed by atoms with E-state index in [1.54, 1.807) is 0 Å². The van der Waals surface area contributed by atoms with Crippen molar-refractivity contribution < 1.29 is 9.53 Å². The summed E-state index contributed by atoms with van der Waals surface area (Å²) in [6, 6.07) is 0. The van der Waals surface area contributed by atoms with Crippen molar-refractivity contribution in [1.82, 2.24) is 0 Å². The van der Waals surface area contributed by atoms with Gasteiger partial charge in [0, 0.05) is 0 Å². The normalized spacial score (nSPS) is 47.0. The summed E-state index contributed by atoms with van der Waals surface area (Å²) >= 11 is 0. The summed E-state index contributed by atoms with van der Waals surface area (Å²) in [4.78, 5) is 11.4. The third-order valence-electron chi connectivity index (χ3n) is 3.52. The maximum absolute atomic E-state index is 11.4. The second kappa shape index (κ2) is 2.75. The number of carbonyl (C=O) groups excluding carboxylic acids is 1. The average molecular weight is 168 g/mol. The predicted octanol–water partition coefficient (Wildman–Crippen LogP) is 1.84. The van der Waals surface area contributed by atoms with Crippen molar-refractivity contribution in [1.29, 1.82) is 0 Å². The summed E-state index contributed by atoms with van der Waals surface area (Å²) in [6.07, 6.45) is 2.28. The first-order valence-corrected chi connectivity index (χ1v) is 4.87. The molecule has 0 spiro atoms. The van der Waals surface area contributed by atoms with Crippen LogP contribution in [0.25, 0.3) is 0 Å². The smallest absolute Gasteiger partial charge is 0.309 e. The quantitative estimate of drug-likeness (QED) is 0.516. The summed E-state index contributed by atoms with van der Waals surface area (Å²) in [5.74, 6) is 2.15. The Labute approximate surface area is 73.3 Å². The number of cyclic esters (lactones) is 1. The largest absolute Gasteiger partial charge is 0.465 e. The van der Waals surface area contributed by atoms with Gasteiger partial charge in [-0.15, -0.1) is 0 Å². The van der Waals surface area contributed by atoms with Gasteiger partial charge in [0.15, 0.2) is 0 Å². The summed E-state index contributed by atoms with van der Waals surface area (Å²) < 4.78 is 5.07. The lowest BCUT2D eigenvalue weighted by Gasteiger charge is -2.27. The van der Waals surface area contributed by atoms with Gasteiger partial charge in [-0.1, -0.05) is 13.8 Å². The molecule has 0 aromatic carbocycles. The van der Waals surface area contributed by atoms with Crippen LogP contribution in [0.5, 0.6) is 0 Å². The monoisotopic (exact) mass is 168 g/mol. The zero-order valence-corrected chi connectivity index (χ0v) is 7.75. The molecule has 0 aromatic rings. The Morgan fingerprint density at radius 2 is 2.08 bits per heavy atom. The fourth-order valence-corrected chi connectivity index (χ4v) is 2.95. The minimum Gasteiger partial charge on any atom is -0.465 e. The van der Waals surface area contributed by atoms with Crippen LogP contribution in [0.1, 0.15) is 26.7 Å². The number of ether oxygens (including phenoxy) is 1. The molecule has 0 amide bonds. The van der Waals surface area contributed by atoms with Gasteiger partial charge in [-0.05, 0) is 30.6 Å². The number of carbonyl (C=O) groups is 1. The standard InChI is InChI=1S/C10H16O2/c1-6-5-7(2)9-8(6)3-4-12-10(9)11/h6-9H,3-5H2,1-2H3. The van der Waals surface area contributed by atoms with Crippen LogP contribution >= 0.6 is 0 Å². The zero-order chi connectivity index (χ0) is 8.72. The molecule has 1 saturated carbocycles. The Balaban J connectivity index is 2.19. The Kier molecular flexibility index (Phi) is 1.85. The average Bonchev–Trinajstić information content (AvgIpc) is 2.29. The summed E-state index contributed by atoms with van der Waals surface area (Å²) in [5.41, 5.74) is 0. The molecule has 12 heavy (non-hydrogen) atoms. The van der Waals surface area contributed by atoms with E-state index in [9.17, 15) is 4.79 Å². The molecule has 2 nitrogen and oxygen atoms in total. The van der Waals surface area contributed by atoms with E-state index in [0.717, 1.165) is 12.3 Å². The molecule has 2 fully saturated rings. The first-order chi connectivity index (χ1) is 5.70. The molecule has 68 valence electrons. The highest BCUT2D eigenvalue weighted by atomic mass is 16.5. The van der Waals surface area contributed by atoms with E-state index in [0.29, 0.717) is 18.4 Å². The van der Waals surface area contributed by atoms with Crippen molar-refractivity contribution in [3.63, 3.8) is 0 Å². The lowest BCUT2D eigenvalue weighted by Crippen LogP contribution is -2.33. The van der Waals surface area contributed by atoms with Crippen molar-refractivity contribution in [3.05, 3.63) is 0 Å². The molecule has 4 atom stereocenters. The van der Waals surface area contributed by atoms with Gasteiger partial charge in [0.1, 0.15) is 0 Å². The van der Waals surface area contributed by atoms with Crippen LogP contribution in [0.2, 0.25) is 0 Å². The van der Waals surface area contributed by atoms with Gasteiger partial charge < -0.3 is 4.74 Å². The minimum atomic E-state index is 0.0584. The van der Waals surface area contributed by atoms with Crippen LogP contribution in [0.15, 0.2) is 0 Å². The molecule has 1 saturated heterocycles. The van der Waals surface area contributed by atoms with E-state index in [-0.39, 0.29) is 11.9 Å². The van der Waals surface area contributed by atoms with Gasteiger partial charge in [0.2, 0.25) is 0 Å². The fourth-order valence-electron chi connectivity index (χ4n) is 2.95. The van der Waals surface area contributed by atoms with Crippen LogP contribution in [0.3, 0.4) is 0 Å². The third-order valence-corrected chi connectivity index (χ3v) is 3.52. The maximum atomic E-state index is 11.4. The second-order valence-corrected chi connectivity index (χ2v) is 4.34. The second-order valence-electron chi connectivity index (χ2n) is 4.34. The van der Waals surface area contributed by atoms with Crippen molar-refractivity contribution in [3.8, 4) is 0 Å². The molecule has 2 aliphatic rings. The van der Waals surface area contributed by atoms with E-state index in [4.69, 9.17) is 4.74 Å². The van der Waals surface area contributed by atoms with E-state index in [1.807, 2.05) is 0 Å². The highest BCUT2D eigenvalue weighted by molar-refractivity contribution is 5.74. The fraction of sp³-hybridized carbons (Fsp3) is 0.900. The van der Waals surface area contributed by atoms with Gasteiger partial charge in [-0.25, -0.2) is 0 Å². The number of esters is 1.